The summed E-state index contributed by atoms with van der Waals surface area (Å²) in [4.78, 5) is 15.9. The Morgan fingerprint density at radius 1 is 1.22 bits per heavy atom. The summed E-state index contributed by atoms with van der Waals surface area (Å²) in [5.74, 6) is 0.507. The van der Waals surface area contributed by atoms with Gasteiger partial charge in [-0.3, -0.25) is 9.78 Å². The number of carbonyl (C=O) groups is 1. The van der Waals surface area contributed by atoms with Gasteiger partial charge in [-0.05, 0) is 50.9 Å². The first-order valence-electron chi connectivity index (χ1n) is 8.83. The van der Waals surface area contributed by atoms with E-state index in [1.54, 1.807) is 19.2 Å². The monoisotopic (exact) mass is 403 g/mol. The van der Waals surface area contributed by atoms with Gasteiger partial charge >= 0.3 is 7.12 Å². The van der Waals surface area contributed by atoms with Crippen molar-refractivity contribution in [1.82, 2.24) is 4.98 Å². The van der Waals surface area contributed by atoms with Gasteiger partial charge < -0.3 is 9.31 Å². The average Bonchev–Trinajstić information content (AvgIpc) is 2.79. The zero-order valence-electron chi connectivity index (χ0n) is 16.2. The minimum Gasteiger partial charge on any atom is -0.400 e. The first kappa shape index (κ1) is 20.4. The number of thioether (sulfide) groups is 1. The van der Waals surface area contributed by atoms with Crippen molar-refractivity contribution in [3.8, 4) is 0 Å². The molecule has 1 aliphatic rings. The van der Waals surface area contributed by atoms with Crippen LogP contribution in [0.3, 0.4) is 0 Å². The second kappa shape index (κ2) is 7.59. The summed E-state index contributed by atoms with van der Waals surface area (Å²) in [5, 5.41) is 1.64. The highest BCUT2D eigenvalue weighted by molar-refractivity contribution is 8.13. The first-order valence-corrected chi connectivity index (χ1v) is 10.2. The van der Waals surface area contributed by atoms with Crippen LogP contribution >= 0.6 is 23.4 Å². The van der Waals surface area contributed by atoms with Crippen LogP contribution in [0.25, 0.3) is 17.0 Å². The van der Waals surface area contributed by atoms with E-state index < -0.39 is 18.3 Å². The molecule has 2 aromatic rings. The van der Waals surface area contributed by atoms with Crippen LogP contribution in [0.2, 0.25) is 5.02 Å². The SMILES string of the molecule is CC(=O)SCC(=Cc1ccc2c(Cl)ccnc2c1)B1OC(C)(C)C(C)(C)O1. The van der Waals surface area contributed by atoms with Crippen molar-refractivity contribution in [1.29, 1.82) is 0 Å². The van der Waals surface area contributed by atoms with Crippen LogP contribution in [0.15, 0.2) is 35.9 Å². The van der Waals surface area contributed by atoms with E-state index in [0.29, 0.717) is 10.8 Å². The van der Waals surface area contributed by atoms with Crippen molar-refractivity contribution >= 4 is 52.6 Å². The number of hydrogen-bond acceptors (Lipinski definition) is 5. The van der Waals surface area contributed by atoms with E-state index in [2.05, 4.69) is 4.98 Å². The van der Waals surface area contributed by atoms with Gasteiger partial charge in [0.2, 0.25) is 0 Å². The van der Waals surface area contributed by atoms with Gasteiger partial charge in [-0.15, -0.1) is 0 Å². The first-order chi connectivity index (χ1) is 12.6. The van der Waals surface area contributed by atoms with E-state index >= 15 is 0 Å². The van der Waals surface area contributed by atoms with Gasteiger partial charge in [0.1, 0.15) is 0 Å². The third-order valence-corrected chi connectivity index (χ3v) is 6.28. The lowest BCUT2D eigenvalue weighted by Crippen LogP contribution is -2.41. The molecule has 0 N–H and O–H groups in total. The molecular formula is C20H23BClNO3S. The minimum absolute atomic E-state index is 0.0596. The fraction of sp³-hybridized carbons (Fsp3) is 0.400. The number of hydrogen-bond donors (Lipinski definition) is 0. The topological polar surface area (TPSA) is 48.4 Å². The van der Waals surface area contributed by atoms with E-state index in [1.807, 2.05) is 52.0 Å². The van der Waals surface area contributed by atoms with Crippen LogP contribution in [0.4, 0.5) is 0 Å². The van der Waals surface area contributed by atoms with Crippen LogP contribution in [0.1, 0.15) is 40.2 Å². The minimum atomic E-state index is -0.495. The van der Waals surface area contributed by atoms with Crippen LogP contribution in [0.5, 0.6) is 0 Å². The highest BCUT2D eigenvalue weighted by Gasteiger charge is 2.52. The molecule has 2 heterocycles. The van der Waals surface area contributed by atoms with Gasteiger partial charge in [-0.25, -0.2) is 0 Å². The number of aromatic nitrogens is 1. The number of benzene rings is 1. The molecule has 7 heteroatoms. The van der Waals surface area contributed by atoms with E-state index in [1.165, 1.54) is 11.8 Å². The molecule has 1 aliphatic heterocycles. The summed E-state index contributed by atoms with van der Waals surface area (Å²) in [6.45, 7) is 9.64. The Hall–Kier alpha value is -1.34. The number of carbonyl (C=O) groups excluding carboxylic acids is 1. The number of halogens is 1. The normalized spacial score (nSPS) is 18.9. The molecule has 0 saturated carbocycles. The van der Waals surface area contributed by atoms with Crippen LogP contribution in [0, 0.1) is 0 Å². The Balaban J connectivity index is 1.97. The van der Waals surface area contributed by atoms with Gasteiger partial charge in [-0.1, -0.05) is 41.6 Å². The fourth-order valence-corrected chi connectivity index (χ4v) is 3.60. The Morgan fingerprint density at radius 2 is 1.89 bits per heavy atom. The summed E-state index contributed by atoms with van der Waals surface area (Å²) < 4.78 is 12.4. The summed E-state index contributed by atoms with van der Waals surface area (Å²) >= 11 is 7.48. The molecule has 0 unspecified atom stereocenters. The third-order valence-electron chi connectivity index (χ3n) is 5.06. The van der Waals surface area contributed by atoms with Crippen molar-refractivity contribution < 1.29 is 14.1 Å². The molecular weight excluding hydrogens is 381 g/mol. The second-order valence-corrected chi connectivity index (χ2v) is 9.22. The molecule has 1 aromatic carbocycles. The molecule has 0 amide bonds. The molecule has 142 valence electrons. The zero-order chi connectivity index (χ0) is 19.8. The van der Waals surface area contributed by atoms with Crippen molar-refractivity contribution in [2.45, 2.75) is 45.8 Å². The van der Waals surface area contributed by atoms with E-state index in [-0.39, 0.29) is 5.12 Å². The summed E-state index contributed by atoms with van der Waals surface area (Å²) in [5.41, 5.74) is 1.83. The lowest BCUT2D eigenvalue weighted by Gasteiger charge is -2.32. The molecule has 0 aliphatic carbocycles. The maximum absolute atomic E-state index is 11.5. The molecule has 0 bridgehead atoms. The molecule has 0 atom stereocenters. The van der Waals surface area contributed by atoms with Gasteiger partial charge in [0.15, 0.2) is 5.12 Å². The zero-order valence-corrected chi connectivity index (χ0v) is 17.8. The Labute approximate surface area is 169 Å². The number of fused-ring (bicyclic) bond motifs is 1. The molecule has 1 saturated heterocycles. The van der Waals surface area contributed by atoms with Crippen molar-refractivity contribution in [2.24, 2.45) is 0 Å². The van der Waals surface area contributed by atoms with E-state index in [0.717, 1.165) is 21.9 Å². The Morgan fingerprint density at radius 3 is 2.52 bits per heavy atom. The van der Waals surface area contributed by atoms with Crippen LogP contribution < -0.4 is 0 Å². The fourth-order valence-electron chi connectivity index (χ4n) is 2.79. The highest BCUT2D eigenvalue weighted by atomic mass is 35.5. The van der Waals surface area contributed by atoms with Crippen LogP contribution in [-0.4, -0.2) is 34.2 Å². The van der Waals surface area contributed by atoms with Crippen molar-refractivity contribution in [2.75, 3.05) is 5.75 Å². The Kier molecular flexibility index (Phi) is 5.73. The number of nitrogens with zero attached hydrogens (tertiary/aromatic N) is 1. The average molecular weight is 404 g/mol. The van der Waals surface area contributed by atoms with Crippen molar-refractivity contribution in [3.63, 3.8) is 0 Å². The predicted octanol–water partition coefficient (Wildman–Crippen LogP) is 5.18. The maximum atomic E-state index is 11.5. The quantitative estimate of drug-likeness (QED) is 0.658. The molecule has 4 nitrogen and oxygen atoms in total. The molecule has 0 radical (unpaired) electrons. The van der Waals surface area contributed by atoms with Crippen LogP contribution in [-0.2, 0) is 14.1 Å². The number of pyridine rings is 1. The number of rotatable bonds is 4. The third kappa shape index (κ3) is 4.40. The molecule has 1 aromatic heterocycles. The standard InChI is InChI=1S/C20H23BClNO3S/c1-13(24)27-12-15(21-25-19(2,3)20(4,5)26-21)10-14-6-7-16-17(22)8-9-23-18(16)11-14/h6-11H,12H2,1-5H3. The molecule has 27 heavy (non-hydrogen) atoms. The highest BCUT2D eigenvalue weighted by Crippen LogP contribution is 2.39. The van der Waals surface area contributed by atoms with Crippen molar-refractivity contribution in [3.05, 3.63) is 46.5 Å². The lowest BCUT2D eigenvalue weighted by atomic mass is 9.78. The predicted molar refractivity (Wildman–Crippen MR) is 114 cm³/mol. The Bertz CT molecular complexity index is 897. The second-order valence-electron chi connectivity index (χ2n) is 7.66. The van der Waals surface area contributed by atoms with E-state index in [9.17, 15) is 4.79 Å². The smallest absolute Gasteiger partial charge is 0.400 e. The molecule has 1 fully saturated rings. The lowest BCUT2D eigenvalue weighted by molar-refractivity contribution is -0.109. The van der Waals surface area contributed by atoms with Gasteiger partial charge in [0.05, 0.1) is 21.7 Å². The largest absolute Gasteiger partial charge is 0.491 e. The maximum Gasteiger partial charge on any atom is 0.491 e. The summed E-state index contributed by atoms with van der Waals surface area (Å²) in [7, 11) is -0.495. The summed E-state index contributed by atoms with van der Waals surface area (Å²) in [6, 6.07) is 7.69. The molecule has 3 rings (SSSR count). The molecule has 0 spiro atoms. The van der Waals surface area contributed by atoms with E-state index in [4.69, 9.17) is 20.9 Å². The van der Waals surface area contributed by atoms with Gasteiger partial charge in [0.25, 0.3) is 0 Å². The summed E-state index contributed by atoms with van der Waals surface area (Å²) in [6.07, 6.45) is 3.71. The van der Waals surface area contributed by atoms with Gasteiger partial charge in [0, 0.05) is 24.3 Å². The van der Waals surface area contributed by atoms with Gasteiger partial charge in [-0.2, -0.15) is 0 Å².